The van der Waals surface area contributed by atoms with Crippen LogP contribution in [0.2, 0.25) is 0 Å². The SMILES string of the molecule is O=C(NCCNCC(O)COc1ccccc1)c1cc(OCc2ccccc2)ccc1OCc1ccccc1. The van der Waals surface area contributed by atoms with Gasteiger partial charge in [0.25, 0.3) is 5.91 Å². The molecule has 0 bridgehead atoms. The Morgan fingerprint density at radius 3 is 1.97 bits per heavy atom. The van der Waals surface area contributed by atoms with E-state index in [1.54, 1.807) is 18.2 Å². The van der Waals surface area contributed by atoms with E-state index in [0.717, 1.165) is 11.1 Å². The Hall–Kier alpha value is -4.33. The van der Waals surface area contributed by atoms with Crippen LogP contribution in [-0.4, -0.2) is 43.4 Å². The minimum atomic E-state index is -0.669. The molecule has 1 unspecified atom stereocenters. The smallest absolute Gasteiger partial charge is 0.255 e. The molecule has 4 aromatic rings. The fraction of sp³-hybridized carbons (Fsp3) is 0.219. The summed E-state index contributed by atoms with van der Waals surface area (Å²) in [4.78, 5) is 13.1. The van der Waals surface area contributed by atoms with Crippen LogP contribution in [0, 0.1) is 0 Å². The molecule has 0 heterocycles. The number of aliphatic hydroxyl groups is 1. The molecule has 7 nitrogen and oxygen atoms in total. The highest BCUT2D eigenvalue weighted by molar-refractivity contribution is 5.97. The highest BCUT2D eigenvalue weighted by Crippen LogP contribution is 2.26. The number of nitrogens with one attached hydrogen (secondary N) is 2. The van der Waals surface area contributed by atoms with E-state index < -0.39 is 6.10 Å². The molecule has 0 aliphatic heterocycles. The van der Waals surface area contributed by atoms with Crippen LogP contribution < -0.4 is 24.8 Å². The fourth-order valence-corrected chi connectivity index (χ4v) is 3.77. The maximum atomic E-state index is 13.1. The van der Waals surface area contributed by atoms with Gasteiger partial charge < -0.3 is 30.0 Å². The van der Waals surface area contributed by atoms with Gasteiger partial charge in [0, 0.05) is 19.6 Å². The molecule has 0 fully saturated rings. The van der Waals surface area contributed by atoms with Crippen molar-refractivity contribution in [3.05, 3.63) is 126 Å². The van der Waals surface area contributed by atoms with Gasteiger partial charge in [0.05, 0.1) is 5.56 Å². The van der Waals surface area contributed by atoms with Gasteiger partial charge in [-0.25, -0.2) is 0 Å². The molecule has 4 rings (SSSR count). The molecule has 0 saturated heterocycles. The first kappa shape index (κ1) is 27.7. The van der Waals surface area contributed by atoms with Gasteiger partial charge in [0.2, 0.25) is 0 Å². The van der Waals surface area contributed by atoms with E-state index in [1.807, 2.05) is 91.0 Å². The molecule has 39 heavy (non-hydrogen) atoms. The Bertz CT molecular complexity index is 1270. The zero-order chi connectivity index (χ0) is 27.1. The number of amides is 1. The summed E-state index contributed by atoms with van der Waals surface area (Å²) in [7, 11) is 0. The van der Waals surface area contributed by atoms with Gasteiger partial charge in [0.1, 0.15) is 43.2 Å². The molecule has 1 amide bonds. The van der Waals surface area contributed by atoms with Crippen molar-refractivity contribution in [1.82, 2.24) is 10.6 Å². The average molecular weight is 527 g/mol. The minimum absolute atomic E-state index is 0.182. The summed E-state index contributed by atoms with van der Waals surface area (Å²) in [6, 6.07) is 34.3. The summed E-state index contributed by atoms with van der Waals surface area (Å²) in [6.07, 6.45) is -0.669. The lowest BCUT2D eigenvalue weighted by atomic mass is 10.1. The van der Waals surface area contributed by atoms with Crippen LogP contribution in [0.1, 0.15) is 21.5 Å². The lowest BCUT2D eigenvalue weighted by Crippen LogP contribution is -2.37. The lowest BCUT2D eigenvalue weighted by molar-refractivity contribution is 0.0945. The number of carbonyl (C=O) groups excluding carboxylic acids is 1. The van der Waals surface area contributed by atoms with Gasteiger partial charge in [-0.05, 0) is 41.5 Å². The number of hydrogen-bond acceptors (Lipinski definition) is 6. The Kier molecular flexibility index (Phi) is 10.8. The van der Waals surface area contributed by atoms with E-state index in [0.29, 0.717) is 55.7 Å². The third kappa shape index (κ3) is 9.48. The maximum absolute atomic E-state index is 13.1. The van der Waals surface area contributed by atoms with Gasteiger partial charge in [-0.3, -0.25) is 4.79 Å². The number of rotatable bonds is 15. The summed E-state index contributed by atoms with van der Waals surface area (Å²) in [5.74, 6) is 1.50. The van der Waals surface area contributed by atoms with Crippen LogP contribution in [0.5, 0.6) is 17.2 Å². The fourth-order valence-electron chi connectivity index (χ4n) is 3.77. The second kappa shape index (κ2) is 15.2. The topological polar surface area (TPSA) is 89.1 Å². The van der Waals surface area contributed by atoms with E-state index in [1.165, 1.54) is 0 Å². The highest BCUT2D eigenvalue weighted by Gasteiger charge is 2.15. The Morgan fingerprint density at radius 1 is 0.692 bits per heavy atom. The van der Waals surface area contributed by atoms with Crippen LogP contribution in [0.15, 0.2) is 109 Å². The van der Waals surface area contributed by atoms with Crippen LogP contribution in [0.3, 0.4) is 0 Å². The third-order valence-corrected chi connectivity index (χ3v) is 5.83. The number of benzene rings is 4. The molecule has 0 radical (unpaired) electrons. The van der Waals surface area contributed by atoms with E-state index in [-0.39, 0.29) is 12.5 Å². The largest absolute Gasteiger partial charge is 0.491 e. The van der Waals surface area contributed by atoms with Gasteiger partial charge in [-0.2, -0.15) is 0 Å². The molecule has 0 spiro atoms. The number of ether oxygens (including phenoxy) is 3. The van der Waals surface area contributed by atoms with Crippen molar-refractivity contribution in [2.24, 2.45) is 0 Å². The normalized spacial score (nSPS) is 11.4. The monoisotopic (exact) mass is 526 g/mol. The van der Waals surface area contributed by atoms with Crippen LogP contribution in [-0.2, 0) is 13.2 Å². The third-order valence-electron chi connectivity index (χ3n) is 5.83. The molecule has 0 aliphatic carbocycles. The summed E-state index contributed by atoms with van der Waals surface area (Å²) in [6.45, 7) is 2.12. The summed E-state index contributed by atoms with van der Waals surface area (Å²) >= 11 is 0. The zero-order valence-electron chi connectivity index (χ0n) is 21.8. The number of aliphatic hydroxyl groups excluding tert-OH is 1. The molecule has 4 aromatic carbocycles. The quantitative estimate of drug-likeness (QED) is 0.196. The molecule has 0 saturated carbocycles. The predicted molar refractivity (Wildman–Crippen MR) is 151 cm³/mol. The Labute approximate surface area is 229 Å². The summed E-state index contributed by atoms with van der Waals surface area (Å²) in [5.41, 5.74) is 2.44. The van der Waals surface area contributed by atoms with Crippen molar-refractivity contribution < 1.29 is 24.1 Å². The van der Waals surface area contributed by atoms with Gasteiger partial charge in [0.15, 0.2) is 0 Å². The second-order valence-electron chi connectivity index (χ2n) is 8.94. The molecular weight excluding hydrogens is 492 g/mol. The molecule has 0 aliphatic rings. The van der Waals surface area contributed by atoms with E-state index in [2.05, 4.69) is 10.6 Å². The summed E-state index contributed by atoms with van der Waals surface area (Å²) < 4.78 is 17.5. The molecule has 3 N–H and O–H groups in total. The summed E-state index contributed by atoms with van der Waals surface area (Å²) in [5, 5.41) is 16.2. The van der Waals surface area contributed by atoms with Crippen molar-refractivity contribution in [3.63, 3.8) is 0 Å². The minimum Gasteiger partial charge on any atom is -0.491 e. The second-order valence-corrected chi connectivity index (χ2v) is 8.94. The predicted octanol–water partition coefficient (Wildman–Crippen LogP) is 4.60. The van der Waals surface area contributed by atoms with Crippen LogP contribution >= 0.6 is 0 Å². The average Bonchev–Trinajstić information content (AvgIpc) is 2.99. The van der Waals surface area contributed by atoms with Crippen LogP contribution in [0.4, 0.5) is 0 Å². The number of para-hydroxylation sites is 1. The lowest BCUT2D eigenvalue weighted by Gasteiger charge is -2.15. The van der Waals surface area contributed by atoms with Crippen LogP contribution in [0.25, 0.3) is 0 Å². The van der Waals surface area contributed by atoms with Gasteiger partial charge in [-0.15, -0.1) is 0 Å². The molecule has 202 valence electrons. The van der Waals surface area contributed by atoms with Gasteiger partial charge >= 0.3 is 0 Å². The zero-order valence-corrected chi connectivity index (χ0v) is 21.8. The number of carbonyl (C=O) groups is 1. The van der Waals surface area contributed by atoms with Crippen molar-refractivity contribution in [1.29, 1.82) is 0 Å². The van der Waals surface area contributed by atoms with E-state index >= 15 is 0 Å². The van der Waals surface area contributed by atoms with Crippen molar-refractivity contribution >= 4 is 5.91 Å². The van der Waals surface area contributed by atoms with E-state index in [4.69, 9.17) is 14.2 Å². The maximum Gasteiger partial charge on any atom is 0.255 e. The molecule has 1 atom stereocenters. The van der Waals surface area contributed by atoms with Crippen molar-refractivity contribution in [2.45, 2.75) is 19.3 Å². The molecular formula is C32H34N2O5. The van der Waals surface area contributed by atoms with Crippen molar-refractivity contribution in [3.8, 4) is 17.2 Å². The first-order valence-corrected chi connectivity index (χ1v) is 13.0. The Morgan fingerprint density at radius 2 is 1.31 bits per heavy atom. The standard InChI is InChI=1S/C32H34N2O5/c35-27(24-38-28-14-8-3-9-15-28)21-33-18-19-34-32(36)30-20-29(37-22-25-10-4-1-5-11-25)16-17-31(30)39-23-26-12-6-2-7-13-26/h1-17,20,27,33,35H,18-19,21-24H2,(H,34,36). The first-order chi connectivity index (χ1) is 19.2. The highest BCUT2D eigenvalue weighted by atomic mass is 16.5. The Balaban J connectivity index is 1.29. The van der Waals surface area contributed by atoms with Crippen molar-refractivity contribution in [2.75, 3.05) is 26.2 Å². The first-order valence-electron chi connectivity index (χ1n) is 13.0. The molecule has 7 heteroatoms. The van der Waals surface area contributed by atoms with Gasteiger partial charge in [-0.1, -0.05) is 78.9 Å². The molecule has 0 aromatic heterocycles. The number of hydrogen-bond donors (Lipinski definition) is 3. The van der Waals surface area contributed by atoms with E-state index in [9.17, 15) is 9.90 Å².